The number of aliphatic hydroxyl groups is 1. The molecule has 1 aromatic heterocycles. The second-order valence-electron chi connectivity index (χ2n) is 10.8. The molecule has 2 atom stereocenters. The number of hydrogen-bond acceptors (Lipinski definition) is 8. The molecule has 2 unspecified atom stereocenters. The average Bonchev–Trinajstić information content (AvgIpc) is 3.64. The highest BCUT2D eigenvalue weighted by atomic mass is 19.4. The summed E-state index contributed by atoms with van der Waals surface area (Å²) < 4.78 is 54.9. The molecular weight excluding hydrogens is 567 g/mol. The van der Waals surface area contributed by atoms with Gasteiger partial charge in [0.15, 0.2) is 0 Å². The topological polar surface area (TPSA) is 123 Å². The van der Waals surface area contributed by atoms with Gasteiger partial charge in [0.1, 0.15) is 17.2 Å². The van der Waals surface area contributed by atoms with Gasteiger partial charge in [-0.25, -0.2) is 0 Å². The van der Waals surface area contributed by atoms with Crippen LogP contribution in [0.3, 0.4) is 0 Å². The van der Waals surface area contributed by atoms with Crippen molar-refractivity contribution in [3.05, 3.63) is 57.9 Å². The third-order valence-electron chi connectivity index (χ3n) is 8.37. The van der Waals surface area contributed by atoms with E-state index in [1.165, 1.54) is 26.4 Å². The maximum absolute atomic E-state index is 14.4. The fraction of sp³-hybridized carbons (Fsp3) is 0.433. The van der Waals surface area contributed by atoms with Crippen LogP contribution in [0.2, 0.25) is 0 Å². The normalized spacial score (nSPS) is 17.2. The van der Waals surface area contributed by atoms with Crippen molar-refractivity contribution in [3.63, 3.8) is 0 Å². The van der Waals surface area contributed by atoms with Crippen LogP contribution in [0, 0.1) is 11.8 Å². The van der Waals surface area contributed by atoms with Gasteiger partial charge in [0.05, 0.1) is 37.8 Å². The Morgan fingerprint density at radius 3 is 2.44 bits per heavy atom. The molecule has 0 aliphatic carbocycles. The summed E-state index contributed by atoms with van der Waals surface area (Å²) in [5.41, 5.74) is 5.37. The monoisotopic (exact) mass is 601 g/mol. The Kier molecular flexibility index (Phi) is 8.28. The summed E-state index contributed by atoms with van der Waals surface area (Å²) in [4.78, 5) is 29.3. The van der Waals surface area contributed by atoms with E-state index >= 15 is 0 Å². The van der Waals surface area contributed by atoms with E-state index in [4.69, 9.17) is 15.2 Å². The predicted octanol–water partition coefficient (Wildman–Crippen LogP) is 3.24. The maximum Gasteiger partial charge on any atom is 0.418 e. The molecule has 1 amide bonds. The van der Waals surface area contributed by atoms with Gasteiger partial charge in [0.25, 0.3) is 5.56 Å². The fourth-order valence-electron chi connectivity index (χ4n) is 5.95. The van der Waals surface area contributed by atoms with Crippen molar-refractivity contribution in [2.24, 2.45) is 17.6 Å². The van der Waals surface area contributed by atoms with Gasteiger partial charge in [-0.3, -0.25) is 9.59 Å². The third kappa shape index (κ3) is 5.73. The van der Waals surface area contributed by atoms with Crippen LogP contribution in [-0.4, -0.2) is 67.8 Å². The lowest BCUT2D eigenvalue weighted by Gasteiger charge is -2.24. The summed E-state index contributed by atoms with van der Waals surface area (Å²) in [6, 6.07) is 8.66. The zero-order valence-corrected chi connectivity index (χ0v) is 24.1. The first-order chi connectivity index (χ1) is 20.5. The summed E-state index contributed by atoms with van der Waals surface area (Å²) in [5.74, 6) is 0.0211. The highest BCUT2D eigenvalue weighted by Crippen LogP contribution is 2.40. The first-order valence-corrected chi connectivity index (χ1v) is 14.0. The first-order valence-electron chi connectivity index (χ1n) is 14.0. The van der Waals surface area contributed by atoms with Crippen molar-refractivity contribution < 1.29 is 32.5 Å². The number of amides is 1. The molecule has 2 aliphatic heterocycles. The number of carbonyl (C=O) groups excluding carboxylic acids is 1. The van der Waals surface area contributed by atoms with Crippen LogP contribution in [0.1, 0.15) is 24.5 Å². The molecule has 0 saturated carbocycles. The number of carbonyl (C=O) groups is 1. The second-order valence-corrected chi connectivity index (χ2v) is 10.8. The number of primary amides is 1. The van der Waals surface area contributed by atoms with Crippen LogP contribution in [0.25, 0.3) is 16.9 Å². The SMILES string of the molecule is COc1cc(OC)cc(-c2nn(-c3cc(N4CCC(C(C)C(N)=O)C4)ccc3C(F)(F)F)c(=O)c3c2CCN3CCO)c1. The van der Waals surface area contributed by atoms with E-state index in [-0.39, 0.29) is 30.7 Å². The molecule has 43 heavy (non-hydrogen) atoms. The highest BCUT2D eigenvalue weighted by molar-refractivity contribution is 5.77. The van der Waals surface area contributed by atoms with Crippen molar-refractivity contribution >= 4 is 17.3 Å². The molecular formula is C30H34F3N5O5. The quantitative estimate of drug-likeness (QED) is 0.383. The first kappa shape index (κ1) is 30.2. The molecule has 3 N–H and O–H groups in total. The Hall–Kier alpha value is -4.26. The number of alkyl halides is 3. The summed E-state index contributed by atoms with van der Waals surface area (Å²) in [6.07, 6.45) is -3.73. The zero-order valence-electron chi connectivity index (χ0n) is 24.1. The summed E-state index contributed by atoms with van der Waals surface area (Å²) in [6.45, 7) is 2.97. The largest absolute Gasteiger partial charge is 0.497 e. The number of halogens is 3. The molecule has 0 bridgehead atoms. The number of aromatic nitrogens is 2. The number of hydrogen-bond donors (Lipinski definition) is 2. The smallest absolute Gasteiger partial charge is 0.418 e. The van der Waals surface area contributed by atoms with E-state index in [9.17, 15) is 27.9 Å². The van der Waals surface area contributed by atoms with Crippen LogP contribution < -0.4 is 30.6 Å². The number of methoxy groups -OCH3 is 2. The number of aliphatic hydroxyl groups excluding tert-OH is 1. The minimum Gasteiger partial charge on any atom is -0.497 e. The third-order valence-corrected chi connectivity index (χ3v) is 8.37. The van der Waals surface area contributed by atoms with Gasteiger partial charge in [0, 0.05) is 55.0 Å². The highest BCUT2D eigenvalue weighted by Gasteiger charge is 2.38. The Bertz CT molecular complexity index is 1570. The lowest BCUT2D eigenvalue weighted by atomic mass is 9.93. The van der Waals surface area contributed by atoms with Crippen molar-refractivity contribution in [2.75, 3.05) is 56.8 Å². The Labute approximate surface area is 246 Å². The number of β-amino-alcohol motifs (C(OH)–C–C–N with tert-alkyl or cyclic N) is 1. The molecule has 3 heterocycles. The van der Waals surface area contributed by atoms with Gasteiger partial charge in [-0.15, -0.1) is 0 Å². The van der Waals surface area contributed by atoms with Crippen LogP contribution in [0.15, 0.2) is 41.2 Å². The number of ether oxygens (including phenoxy) is 2. The lowest BCUT2D eigenvalue weighted by molar-refractivity contribution is -0.137. The molecule has 3 aromatic rings. The molecule has 230 valence electrons. The van der Waals surface area contributed by atoms with Crippen molar-refractivity contribution in [2.45, 2.75) is 25.9 Å². The summed E-state index contributed by atoms with van der Waals surface area (Å²) in [5, 5.41) is 14.2. The van der Waals surface area contributed by atoms with E-state index in [0.717, 1.165) is 10.7 Å². The van der Waals surface area contributed by atoms with Crippen molar-refractivity contribution in [1.82, 2.24) is 9.78 Å². The zero-order chi connectivity index (χ0) is 31.1. The molecule has 13 heteroatoms. The Morgan fingerprint density at radius 1 is 1.14 bits per heavy atom. The summed E-state index contributed by atoms with van der Waals surface area (Å²) in [7, 11) is 2.96. The molecule has 1 fully saturated rings. The van der Waals surface area contributed by atoms with Crippen LogP contribution in [0.4, 0.5) is 24.5 Å². The van der Waals surface area contributed by atoms with E-state index in [0.29, 0.717) is 66.5 Å². The number of anilines is 2. The molecule has 0 radical (unpaired) electrons. The summed E-state index contributed by atoms with van der Waals surface area (Å²) >= 11 is 0. The van der Waals surface area contributed by atoms with Gasteiger partial charge >= 0.3 is 6.18 Å². The van der Waals surface area contributed by atoms with Gasteiger partial charge in [-0.1, -0.05) is 6.92 Å². The van der Waals surface area contributed by atoms with E-state index < -0.39 is 28.9 Å². The average molecular weight is 602 g/mol. The predicted molar refractivity (Wildman–Crippen MR) is 155 cm³/mol. The minimum atomic E-state index is -4.79. The molecule has 0 spiro atoms. The molecule has 2 aromatic carbocycles. The number of fused-ring (bicyclic) bond motifs is 1. The fourth-order valence-corrected chi connectivity index (χ4v) is 5.95. The van der Waals surface area contributed by atoms with Crippen molar-refractivity contribution in [1.29, 1.82) is 0 Å². The van der Waals surface area contributed by atoms with E-state index in [1.54, 1.807) is 30.0 Å². The minimum absolute atomic E-state index is 0.0502. The van der Waals surface area contributed by atoms with Gasteiger partial charge in [-0.2, -0.15) is 23.0 Å². The number of benzene rings is 2. The maximum atomic E-state index is 14.4. The van der Waals surface area contributed by atoms with Crippen LogP contribution in [-0.2, 0) is 17.4 Å². The molecule has 1 saturated heterocycles. The molecule has 10 nitrogen and oxygen atoms in total. The Morgan fingerprint density at radius 2 is 1.84 bits per heavy atom. The Balaban J connectivity index is 1.72. The number of rotatable bonds is 9. The number of nitrogens with zero attached hydrogens (tertiary/aromatic N) is 4. The van der Waals surface area contributed by atoms with Gasteiger partial charge in [-0.05, 0) is 49.1 Å². The second kappa shape index (κ2) is 11.8. The molecule has 2 aliphatic rings. The molecule has 5 rings (SSSR count). The standard InChI is InChI=1S/C30H34F3N5O5/c1-17(28(34)40)18-6-8-37(16-18)20-4-5-24(30(31,32)33)25(14-20)38-29(41)27-23(7-9-36(27)10-11-39)26(35-38)19-12-21(42-2)15-22(13-19)43-3/h4-5,12-15,17-18,39H,6-11,16H2,1-3H3,(H2,34,40). The van der Waals surface area contributed by atoms with Gasteiger partial charge < -0.3 is 30.1 Å². The van der Waals surface area contributed by atoms with E-state index in [1.807, 2.05) is 4.90 Å². The van der Waals surface area contributed by atoms with Crippen molar-refractivity contribution in [3.8, 4) is 28.4 Å². The van der Waals surface area contributed by atoms with Gasteiger partial charge in [0.2, 0.25) is 5.91 Å². The van der Waals surface area contributed by atoms with Crippen LogP contribution in [0.5, 0.6) is 11.5 Å². The van der Waals surface area contributed by atoms with Crippen LogP contribution >= 0.6 is 0 Å². The number of nitrogens with two attached hydrogens (primary N) is 1. The lowest BCUT2D eigenvalue weighted by Crippen LogP contribution is -2.33. The van der Waals surface area contributed by atoms with E-state index in [2.05, 4.69) is 5.10 Å².